The van der Waals surface area contributed by atoms with Gasteiger partial charge >= 0.3 is 6.18 Å². The van der Waals surface area contributed by atoms with Crippen molar-refractivity contribution in [1.29, 1.82) is 0 Å². The topological polar surface area (TPSA) is 142 Å². The summed E-state index contributed by atoms with van der Waals surface area (Å²) in [6.07, 6.45) is -3.40. The molecule has 14 heteroatoms. The molecule has 3 aromatic rings. The fourth-order valence-corrected chi connectivity index (χ4v) is 3.56. The Hall–Kier alpha value is -4.33. The molecule has 0 saturated heterocycles. The highest BCUT2D eigenvalue weighted by atomic mass is 19.4. The predicted molar refractivity (Wildman–Crippen MR) is 119 cm³/mol. The van der Waals surface area contributed by atoms with Crippen LogP contribution >= 0.6 is 0 Å². The third-order valence-electron chi connectivity index (χ3n) is 5.27. The Kier molecular flexibility index (Phi) is 6.70. The zero-order valence-electron chi connectivity index (χ0n) is 19.1. The highest BCUT2D eigenvalue weighted by molar-refractivity contribution is 6.02. The zero-order chi connectivity index (χ0) is 26.0. The van der Waals surface area contributed by atoms with Gasteiger partial charge in [0.1, 0.15) is 23.5 Å². The number of carbonyl (C=O) groups is 3. The van der Waals surface area contributed by atoms with Gasteiger partial charge < -0.3 is 20.5 Å². The highest BCUT2D eigenvalue weighted by Crippen LogP contribution is 2.33. The van der Waals surface area contributed by atoms with Crippen molar-refractivity contribution < 1.29 is 32.1 Å². The lowest BCUT2D eigenvalue weighted by molar-refractivity contribution is -0.138. The molecule has 3 N–H and O–H groups in total. The molecule has 0 saturated carbocycles. The van der Waals surface area contributed by atoms with Crippen molar-refractivity contribution in [3.63, 3.8) is 0 Å². The molecule has 3 heterocycles. The van der Waals surface area contributed by atoms with E-state index in [1.54, 1.807) is 11.9 Å². The van der Waals surface area contributed by atoms with E-state index >= 15 is 0 Å². The third kappa shape index (κ3) is 5.49. The van der Waals surface area contributed by atoms with Crippen molar-refractivity contribution >= 4 is 29.2 Å². The maximum Gasteiger partial charge on any atom is 0.416 e. The summed E-state index contributed by atoms with van der Waals surface area (Å²) >= 11 is 0. The van der Waals surface area contributed by atoms with Crippen molar-refractivity contribution in [3.05, 3.63) is 64.4 Å². The molecular weight excluding hydrogens is 483 g/mol. The fourth-order valence-electron chi connectivity index (χ4n) is 3.56. The van der Waals surface area contributed by atoms with Gasteiger partial charge in [-0.05, 0) is 31.7 Å². The van der Waals surface area contributed by atoms with Gasteiger partial charge in [-0.3, -0.25) is 19.3 Å². The Morgan fingerprint density at radius 1 is 1.17 bits per heavy atom. The molecule has 0 bridgehead atoms. The van der Waals surface area contributed by atoms with Crippen LogP contribution in [0.1, 0.15) is 43.4 Å². The first-order chi connectivity index (χ1) is 17.0. The van der Waals surface area contributed by atoms with E-state index in [9.17, 15) is 27.6 Å². The van der Waals surface area contributed by atoms with Gasteiger partial charge in [0.25, 0.3) is 11.8 Å². The van der Waals surface area contributed by atoms with Gasteiger partial charge in [-0.2, -0.15) is 13.2 Å². The van der Waals surface area contributed by atoms with Gasteiger partial charge in [-0.25, -0.2) is 9.97 Å². The van der Waals surface area contributed by atoms with Crippen molar-refractivity contribution in [1.82, 2.24) is 25.3 Å². The van der Waals surface area contributed by atoms with Crippen LogP contribution in [-0.4, -0.2) is 51.3 Å². The van der Waals surface area contributed by atoms with Crippen LogP contribution in [0.3, 0.4) is 0 Å². The molecule has 0 unspecified atom stereocenters. The maximum absolute atomic E-state index is 13.1. The quantitative estimate of drug-likeness (QED) is 0.482. The predicted octanol–water partition coefficient (Wildman–Crippen LogP) is 2.36. The number of hydrogen-bond acceptors (Lipinski definition) is 8. The first-order valence-electron chi connectivity index (χ1n) is 10.6. The molecule has 188 valence electrons. The van der Waals surface area contributed by atoms with Gasteiger partial charge in [-0.15, -0.1) is 0 Å². The summed E-state index contributed by atoms with van der Waals surface area (Å²) in [7, 11) is 1.71. The van der Waals surface area contributed by atoms with E-state index in [2.05, 4.69) is 31.1 Å². The molecule has 4 rings (SSSR count). The average Bonchev–Trinajstić information content (AvgIpc) is 3.22. The summed E-state index contributed by atoms with van der Waals surface area (Å²) in [5.41, 5.74) is -0.206. The van der Waals surface area contributed by atoms with Crippen molar-refractivity contribution in [3.8, 4) is 0 Å². The number of hydrogen-bond donors (Lipinski definition) is 3. The number of rotatable bonds is 5. The number of halogens is 3. The number of aromatic nitrogens is 3. The number of aryl methyl sites for hydroxylation is 1. The number of anilines is 2. The number of nitrogens with zero attached hydrogens (tertiary/aromatic N) is 4. The Labute approximate surface area is 202 Å². The number of nitrogens with one attached hydrogen (secondary N) is 3. The molecular formula is C22H20F3N7O4. The van der Waals surface area contributed by atoms with Crippen molar-refractivity contribution in [2.75, 3.05) is 24.2 Å². The van der Waals surface area contributed by atoms with Gasteiger partial charge in [-0.1, -0.05) is 11.2 Å². The van der Waals surface area contributed by atoms with Gasteiger partial charge in [0.2, 0.25) is 11.7 Å². The lowest BCUT2D eigenvalue weighted by Gasteiger charge is -2.13. The maximum atomic E-state index is 13.1. The van der Waals surface area contributed by atoms with Crippen LogP contribution in [0.15, 0.2) is 35.1 Å². The second kappa shape index (κ2) is 9.73. The normalized spacial score (nSPS) is 14.0. The van der Waals surface area contributed by atoms with Crippen LogP contribution in [0.25, 0.3) is 0 Å². The number of amides is 3. The Morgan fingerprint density at radius 2 is 1.94 bits per heavy atom. The number of likely N-dealkylation sites (N-methyl/N-ethyl adjacent to an activating group) is 1. The van der Waals surface area contributed by atoms with Crippen LogP contribution in [-0.2, 0) is 24.1 Å². The molecule has 36 heavy (non-hydrogen) atoms. The largest absolute Gasteiger partial charge is 0.416 e. The molecule has 11 nitrogen and oxygen atoms in total. The van der Waals surface area contributed by atoms with Crippen LogP contribution < -0.4 is 16.0 Å². The lowest BCUT2D eigenvalue weighted by Crippen LogP contribution is -2.27. The van der Waals surface area contributed by atoms with Gasteiger partial charge in [0, 0.05) is 23.9 Å². The standard InChI is InChI=1S/C22H20F3N7O4/c1-11-3-4-12(5-15(11)22(23,24)25)29-20(34)16-6-13(31-36-16)7-26-21(35)18-14-8-32(2)9-17(33)30-19(14)28-10-27-18/h3-6,10H,7-9H2,1-2H3,(H,26,35)(H,29,34)(H,27,28,30,33). The lowest BCUT2D eigenvalue weighted by atomic mass is 10.1. The minimum atomic E-state index is -4.56. The summed E-state index contributed by atoms with van der Waals surface area (Å²) in [5.74, 6) is -1.65. The first-order valence-corrected chi connectivity index (χ1v) is 10.6. The molecule has 0 fully saturated rings. The van der Waals surface area contributed by atoms with E-state index < -0.39 is 23.6 Å². The smallest absolute Gasteiger partial charge is 0.351 e. The molecule has 0 atom stereocenters. The van der Waals surface area contributed by atoms with Crippen LogP contribution in [0, 0.1) is 6.92 Å². The average molecular weight is 503 g/mol. The molecule has 1 aliphatic heterocycles. The summed E-state index contributed by atoms with van der Waals surface area (Å²) in [4.78, 5) is 46.8. The summed E-state index contributed by atoms with van der Waals surface area (Å²) < 4.78 is 44.3. The van der Waals surface area contributed by atoms with E-state index in [0.717, 1.165) is 12.4 Å². The van der Waals surface area contributed by atoms with Gasteiger partial charge in [0.15, 0.2) is 0 Å². The van der Waals surface area contributed by atoms with E-state index in [1.165, 1.54) is 25.1 Å². The van der Waals surface area contributed by atoms with Crippen LogP contribution in [0.5, 0.6) is 0 Å². The summed E-state index contributed by atoms with van der Waals surface area (Å²) in [5, 5.41) is 11.3. The third-order valence-corrected chi connectivity index (χ3v) is 5.27. The van der Waals surface area contributed by atoms with E-state index in [4.69, 9.17) is 4.52 Å². The monoisotopic (exact) mass is 503 g/mol. The molecule has 0 radical (unpaired) electrons. The number of carbonyl (C=O) groups excluding carboxylic acids is 3. The molecule has 0 aliphatic carbocycles. The number of alkyl halides is 3. The number of fused-ring (bicyclic) bond motifs is 1. The minimum absolute atomic E-state index is 0.0211. The van der Waals surface area contributed by atoms with Gasteiger partial charge in [0.05, 0.1) is 18.7 Å². The van der Waals surface area contributed by atoms with Crippen LogP contribution in [0.4, 0.5) is 24.7 Å². The minimum Gasteiger partial charge on any atom is -0.351 e. The molecule has 1 aromatic carbocycles. The second-order valence-electron chi connectivity index (χ2n) is 8.12. The molecule has 0 spiro atoms. The van der Waals surface area contributed by atoms with Crippen LogP contribution in [0.2, 0.25) is 0 Å². The molecule has 1 aliphatic rings. The second-order valence-corrected chi connectivity index (χ2v) is 8.12. The Bertz CT molecular complexity index is 1340. The highest BCUT2D eigenvalue weighted by Gasteiger charge is 2.32. The Morgan fingerprint density at radius 3 is 2.69 bits per heavy atom. The first kappa shape index (κ1) is 24.8. The van der Waals surface area contributed by atoms with E-state index in [1.807, 2.05) is 0 Å². The summed E-state index contributed by atoms with van der Waals surface area (Å²) in [6, 6.07) is 4.67. The fraction of sp³-hybridized carbons (Fsp3) is 0.273. The Balaban J connectivity index is 1.42. The van der Waals surface area contributed by atoms with Crippen molar-refractivity contribution in [2.24, 2.45) is 0 Å². The van der Waals surface area contributed by atoms with E-state index in [0.29, 0.717) is 5.56 Å². The summed E-state index contributed by atoms with van der Waals surface area (Å²) in [6.45, 7) is 1.58. The SMILES string of the molecule is Cc1ccc(NC(=O)c2cc(CNC(=O)c3ncnc4c3CN(C)CC(=O)N4)no2)cc1C(F)(F)F. The van der Waals surface area contributed by atoms with E-state index in [-0.39, 0.29) is 59.8 Å². The number of benzene rings is 1. The molecule has 2 aromatic heterocycles. The molecule has 3 amide bonds. The zero-order valence-corrected chi connectivity index (χ0v) is 19.1. The van der Waals surface area contributed by atoms with Crippen molar-refractivity contribution in [2.45, 2.75) is 26.2 Å².